The second-order valence-corrected chi connectivity index (χ2v) is 7.45. The van der Waals surface area contributed by atoms with E-state index >= 15 is 0 Å². The summed E-state index contributed by atoms with van der Waals surface area (Å²) in [6.45, 7) is 3.40. The first-order valence-electron chi connectivity index (χ1n) is 9.14. The number of hydrogen-bond donors (Lipinski definition) is 2. The van der Waals surface area contributed by atoms with Gasteiger partial charge < -0.3 is 20.6 Å². The van der Waals surface area contributed by atoms with Gasteiger partial charge in [0.1, 0.15) is 17.1 Å². The lowest BCUT2D eigenvalue weighted by molar-refractivity contribution is 0.0657. The van der Waals surface area contributed by atoms with Crippen LogP contribution in [0.3, 0.4) is 0 Å². The number of carbonyl (C=O) groups is 1. The molecule has 28 heavy (non-hydrogen) atoms. The lowest BCUT2D eigenvalue weighted by Crippen LogP contribution is -2.47. The van der Waals surface area contributed by atoms with E-state index in [9.17, 15) is 9.90 Å². The minimum absolute atomic E-state index is 0.0381. The van der Waals surface area contributed by atoms with E-state index in [0.717, 1.165) is 29.8 Å². The molecule has 1 amide bonds. The predicted molar refractivity (Wildman–Crippen MR) is 109 cm³/mol. The smallest absolute Gasteiger partial charge is 0.272 e. The summed E-state index contributed by atoms with van der Waals surface area (Å²) in [6.07, 6.45) is 3.46. The standard InChI is InChI=1S/C20H22ClN5O2/c1-24-4-6-25(7-5-24)20(28)18-11-23-19-8-13(10-22)16(12-26(18)19)15-3-2-14(27)9-17(15)21/h2-3,8-9,11-12,27H,4-7,10,22H2,1H3. The van der Waals surface area contributed by atoms with Gasteiger partial charge in [-0.25, -0.2) is 4.98 Å². The quantitative estimate of drug-likeness (QED) is 0.705. The summed E-state index contributed by atoms with van der Waals surface area (Å²) in [6, 6.07) is 6.69. The van der Waals surface area contributed by atoms with Crippen LogP contribution in [0.5, 0.6) is 5.75 Å². The zero-order chi connectivity index (χ0) is 19.8. The number of hydrogen-bond acceptors (Lipinski definition) is 5. The summed E-state index contributed by atoms with van der Waals surface area (Å²) in [5, 5.41) is 10.1. The Morgan fingerprint density at radius 2 is 1.96 bits per heavy atom. The number of fused-ring (bicyclic) bond motifs is 1. The van der Waals surface area contributed by atoms with Crippen molar-refractivity contribution in [3.8, 4) is 16.9 Å². The topological polar surface area (TPSA) is 87.1 Å². The van der Waals surface area contributed by atoms with Crippen LogP contribution in [0.1, 0.15) is 16.1 Å². The van der Waals surface area contributed by atoms with E-state index in [1.165, 1.54) is 6.07 Å². The van der Waals surface area contributed by atoms with Crippen LogP contribution in [-0.4, -0.2) is 63.4 Å². The van der Waals surface area contributed by atoms with Crippen molar-refractivity contribution in [2.75, 3.05) is 33.2 Å². The van der Waals surface area contributed by atoms with Gasteiger partial charge in [-0.05, 0) is 36.9 Å². The Bertz CT molecular complexity index is 1040. The summed E-state index contributed by atoms with van der Waals surface area (Å²) < 4.78 is 1.79. The maximum absolute atomic E-state index is 13.1. The number of phenolic OH excluding ortho intramolecular Hbond substituents is 1. The zero-order valence-corrected chi connectivity index (χ0v) is 16.4. The number of amides is 1. The van der Waals surface area contributed by atoms with E-state index in [4.69, 9.17) is 17.3 Å². The van der Waals surface area contributed by atoms with Crippen LogP contribution < -0.4 is 5.73 Å². The Labute approximate surface area is 167 Å². The number of imidazole rings is 1. The van der Waals surface area contributed by atoms with E-state index in [-0.39, 0.29) is 11.7 Å². The third kappa shape index (κ3) is 3.32. The number of phenols is 1. The average Bonchev–Trinajstić information content (AvgIpc) is 3.10. The molecule has 0 radical (unpaired) electrons. The minimum atomic E-state index is -0.0381. The Kier molecular flexibility index (Phi) is 4.97. The predicted octanol–water partition coefficient (Wildman–Crippen LogP) is 2.21. The van der Waals surface area contributed by atoms with Crippen molar-refractivity contribution in [1.82, 2.24) is 19.2 Å². The van der Waals surface area contributed by atoms with Crippen molar-refractivity contribution in [1.29, 1.82) is 0 Å². The number of benzene rings is 1. The Balaban J connectivity index is 1.79. The van der Waals surface area contributed by atoms with E-state index in [0.29, 0.717) is 36.0 Å². The number of aromatic hydroxyl groups is 1. The fourth-order valence-electron chi connectivity index (χ4n) is 3.53. The number of piperazine rings is 1. The molecule has 0 saturated carbocycles. The Morgan fingerprint density at radius 3 is 2.64 bits per heavy atom. The molecule has 3 N–H and O–H groups in total. The minimum Gasteiger partial charge on any atom is -0.508 e. The molecule has 0 aliphatic carbocycles. The van der Waals surface area contributed by atoms with Crippen LogP contribution in [0.25, 0.3) is 16.8 Å². The van der Waals surface area contributed by atoms with Gasteiger partial charge in [0.25, 0.3) is 5.91 Å². The lowest BCUT2D eigenvalue weighted by Gasteiger charge is -2.32. The van der Waals surface area contributed by atoms with E-state index in [1.54, 1.807) is 22.7 Å². The zero-order valence-electron chi connectivity index (χ0n) is 15.6. The lowest BCUT2D eigenvalue weighted by atomic mass is 10.0. The largest absolute Gasteiger partial charge is 0.508 e. The molecule has 7 nitrogen and oxygen atoms in total. The second kappa shape index (κ2) is 7.43. The molecule has 1 aliphatic heterocycles. The van der Waals surface area contributed by atoms with Crippen LogP contribution in [0.15, 0.2) is 36.7 Å². The highest BCUT2D eigenvalue weighted by Crippen LogP contribution is 2.33. The first-order chi connectivity index (χ1) is 13.5. The summed E-state index contributed by atoms with van der Waals surface area (Å²) in [5.74, 6) is 0.0570. The molecule has 146 valence electrons. The van der Waals surface area contributed by atoms with Gasteiger partial charge in [-0.3, -0.25) is 9.20 Å². The highest BCUT2D eigenvalue weighted by atomic mass is 35.5. The molecule has 2 aromatic heterocycles. The van der Waals surface area contributed by atoms with Gasteiger partial charge in [0.05, 0.1) is 11.2 Å². The van der Waals surface area contributed by atoms with Crippen molar-refractivity contribution >= 4 is 23.2 Å². The second-order valence-electron chi connectivity index (χ2n) is 7.05. The third-order valence-corrected chi connectivity index (χ3v) is 5.52. The molecule has 4 rings (SSSR count). The highest BCUT2D eigenvalue weighted by Gasteiger charge is 2.23. The Hall–Kier alpha value is -2.61. The van der Waals surface area contributed by atoms with Crippen molar-refractivity contribution in [3.63, 3.8) is 0 Å². The molecular weight excluding hydrogens is 378 g/mol. The number of aromatic nitrogens is 2. The third-order valence-electron chi connectivity index (χ3n) is 5.21. The van der Waals surface area contributed by atoms with Crippen LogP contribution in [0.4, 0.5) is 0 Å². The molecular formula is C20H22ClN5O2. The fourth-order valence-corrected chi connectivity index (χ4v) is 3.80. The Morgan fingerprint density at radius 1 is 1.21 bits per heavy atom. The van der Waals surface area contributed by atoms with Crippen molar-refractivity contribution in [3.05, 3.63) is 52.9 Å². The number of nitrogens with two attached hydrogens (primary N) is 1. The molecule has 8 heteroatoms. The molecule has 3 aromatic rings. The van der Waals surface area contributed by atoms with Crippen molar-refractivity contribution in [2.45, 2.75) is 6.54 Å². The van der Waals surface area contributed by atoms with E-state index in [2.05, 4.69) is 16.9 Å². The number of pyridine rings is 1. The highest BCUT2D eigenvalue weighted by molar-refractivity contribution is 6.33. The number of nitrogens with zero attached hydrogens (tertiary/aromatic N) is 4. The molecule has 0 spiro atoms. The van der Waals surface area contributed by atoms with Crippen LogP contribution >= 0.6 is 11.6 Å². The van der Waals surface area contributed by atoms with Gasteiger partial charge >= 0.3 is 0 Å². The summed E-state index contributed by atoms with van der Waals surface area (Å²) >= 11 is 6.35. The summed E-state index contributed by atoms with van der Waals surface area (Å²) in [4.78, 5) is 21.5. The summed E-state index contributed by atoms with van der Waals surface area (Å²) in [7, 11) is 2.05. The monoisotopic (exact) mass is 399 g/mol. The first kappa shape index (κ1) is 18.7. The molecule has 0 bridgehead atoms. The molecule has 0 unspecified atom stereocenters. The summed E-state index contributed by atoms with van der Waals surface area (Å²) in [5.41, 5.74) is 9.54. The normalized spacial score (nSPS) is 15.3. The SMILES string of the molecule is CN1CCN(C(=O)c2cnc3cc(CN)c(-c4ccc(O)cc4Cl)cn23)CC1. The van der Waals surface area contributed by atoms with Crippen LogP contribution in [-0.2, 0) is 6.54 Å². The van der Waals surface area contributed by atoms with Gasteiger partial charge in [0, 0.05) is 50.0 Å². The van der Waals surface area contributed by atoms with E-state index in [1.807, 2.05) is 17.2 Å². The van der Waals surface area contributed by atoms with Gasteiger partial charge in [-0.15, -0.1) is 0 Å². The molecule has 3 heterocycles. The molecule has 1 aliphatic rings. The molecule has 0 atom stereocenters. The molecule has 1 fully saturated rings. The maximum atomic E-state index is 13.1. The average molecular weight is 400 g/mol. The molecule has 1 aromatic carbocycles. The molecule has 1 saturated heterocycles. The maximum Gasteiger partial charge on any atom is 0.272 e. The fraction of sp³-hybridized carbons (Fsp3) is 0.300. The number of likely N-dealkylation sites (N-methyl/N-ethyl adjacent to an activating group) is 1. The number of rotatable bonds is 3. The number of halogens is 1. The number of carbonyl (C=O) groups excluding carboxylic acids is 1. The van der Waals surface area contributed by atoms with Gasteiger partial charge in [-0.1, -0.05) is 11.6 Å². The van der Waals surface area contributed by atoms with Crippen LogP contribution in [0, 0.1) is 0 Å². The van der Waals surface area contributed by atoms with Gasteiger partial charge in [-0.2, -0.15) is 0 Å². The first-order valence-corrected chi connectivity index (χ1v) is 9.52. The van der Waals surface area contributed by atoms with Crippen LogP contribution in [0.2, 0.25) is 5.02 Å². The van der Waals surface area contributed by atoms with Crippen molar-refractivity contribution in [2.24, 2.45) is 5.73 Å². The van der Waals surface area contributed by atoms with E-state index < -0.39 is 0 Å². The van der Waals surface area contributed by atoms with Gasteiger partial charge in [0.15, 0.2) is 0 Å². The van der Waals surface area contributed by atoms with Crippen molar-refractivity contribution < 1.29 is 9.90 Å². The van der Waals surface area contributed by atoms with Gasteiger partial charge in [0.2, 0.25) is 0 Å².